The third-order valence-electron chi connectivity index (χ3n) is 3.89. The van der Waals surface area contributed by atoms with Gasteiger partial charge in [-0.3, -0.25) is 4.79 Å². The highest BCUT2D eigenvalue weighted by atomic mass is 32.1. The SMILES string of the molecule is CCC(NC(=O)c1nc(C(=O)O)cs1)C1CCCCC1. The summed E-state index contributed by atoms with van der Waals surface area (Å²) >= 11 is 1.08. The van der Waals surface area contributed by atoms with E-state index in [0.717, 1.165) is 30.6 Å². The molecule has 1 aromatic heterocycles. The first-order chi connectivity index (χ1) is 9.61. The first-order valence-electron chi connectivity index (χ1n) is 7.11. The van der Waals surface area contributed by atoms with E-state index in [1.165, 1.54) is 24.6 Å². The summed E-state index contributed by atoms with van der Waals surface area (Å²) in [5.41, 5.74) is -0.0640. The molecule has 1 heterocycles. The normalized spacial score (nSPS) is 17.6. The van der Waals surface area contributed by atoms with E-state index < -0.39 is 5.97 Å². The van der Waals surface area contributed by atoms with E-state index in [0.29, 0.717) is 5.92 Å². The van der Waals surface area contributed by atoms with Crippen LogP contribution < -0.4 is 5.32 Å². The Morgan fingerprint density at radius 3 is 2.70 bits per heavy atom. The Balaban J connectivity index is 1.98. The van der Waals surface area contributed by atoms with Gasteiger partial charge in [-0.15, -0.1) is 11.3 Å². The number of nitrogens with zero attached hydrogens (tertiary/aromatic N) is 1. The van der Waals surface area contributed by atoms with Crippen LogP contribution >= 0.6 is 11.3 Å². The van der Waals surface area contributed by atoms with Crippen LogP contribution in [0.1, 0.15) is 65.7 Å². The van der Waals surface area contributed by atoms with Gasteiger partial charge >= 0.3 is 5.97 Å². The third kappa shape index (κ3) is 3.56. The highest BCUT2D eigenvalue weighted by molar-refractivity contribution is 7.11. The molecule has 1 aliphatic carbocycles. The Morgan fingerprint density at radius 2 is 2.15 bits per heavy atom. The van der Waals surface area contributed by atoms with E-state index in [4.69, 9.17) is 5.11 Å². The van der Waals surface area contributed by atoms with E-state index >= 15 is 0 Å². The molecule has 6 heteroatoms. The van der Waals surface area contributed by atoms with Crippen molar-refractivity contribution >= 4 is 23.2 Å². The molecule has 0 aliphatic heterocycles. The average molecular weight is 296 g/mol. The summed E-state index contributed by atoms with van der Waals surface area (Å²) in [5, 5.41) is 13.5. The van der Waals surface area contributed by atoms with Crippen molar-refractivity contribution in [2.75, 3.05) is 0 Å². The summed E-state index contributed by atoms with van der Waals surface area (Å²) in [6.45, 7) is 2.07. The smallest absolute Gasteiger partial charge is 0.355 e. The molecule has 2 N–H and O–H groups in total. The number of hydrogen-bond donors (Lipinski definition) is 2. The number of aromatic carboxylic acids is 1. The molecule has 0 bridgehead atoms. The maximum absolute atomic E-state index is 12.1. The highest BCUT2D eigenvalue weighted by Gasteiger charge is 2.25. The lowest BCUT2D eigenvalue weighted by Crippen LogP contribution is -2.40. The zero-order valence-corrected chi connectivity index (χ0v) is 12.4. The molecule has 0 aromatic carbocycles. The minimum atomic E-state index is -1.10. The maximum Gasteiger partial charge on any atom is 0.355 e. The highest BCUT2D eigenvalue weighted by Crippen LogP contribution is 2.28. The number of thiazole rings is 1. The van der Waals surface area contributed by atoms with Crippen molar-refractivity contribution in [3.05, 3.63) is 16.1 Å². The van der Waals surface area contributed by atoms with Crippen LogP contribution in [0.5, 0.6) is 0 Å². The fourth-order valence-corrected chi connectivity index (χ4v) is 3.49. The fraction of sp³-hybridized carbons (Fsp3) is 0.643. The van der Waals surface area contributed by atoms with Gasteiger partial charge in [0.15, 0.2) is 10.7 Å². The number of amides is 1. The van der Waals surface area contributed by atoms with Crippen LogP contribution in [0.3, 0.4) is 0 Å². The monoisotopic (exact) mass is 296 g/mol. The molecule has 20 heavy (non-hydrogen) atoms. The van der Waals surface area contributed by atoms with Gasteiger partial charge in [0.2, 0.25) is 0 Å². The lowest BCUT2D eigenvalue weighted by molar-refractivity contribution is 0.0691. The molecular formula is C14H20N2O3S. The lowest BCUT2D eigenvalue weighted by Gasteiger charge is -2.30. The molecule has 1 aromatic rings. The Kier molecular flexibility index (Phi) is 5.11. The zero-order valence-electron chi connectivity index (χ0n) is 11.6. The maximum atomic E-state index is 12.1. The van der Waals surface area contributed by atoms with Crippen molar-refractivity contribution in [1.82, 2.24) is 10.3 Å². The van der Waals surface area contributed by atoms with Gasteiger partial charge in [0, 0.05) is 11.4 Å². The molecule has 2 rings (SSSR count). The second kappa shape index (κ2) is 6.83. The fourth-order valence-electron chi connectivity index (χ4n) is 2.80. The number of carbonyl (C=O) groups is 2. The predicted molar refractivity (Wildman–Crippen MR) is 77.2 cm³/mol. The van der Waals surface area contributed by atoms with Crippen molar-refractivity contribution in [3.63, 3.8) is 0 Å². The van der Waals surface area contributed by atoms with Crippen LogP contribution in [-0.4, -0.2) is 28.0 Å². The second-order valence-corrected chi connectivity index (χ2v) is 6.09. The number of rotatable bonds is 5. The van der Waals surface area contributed by atoms with Gasteiger partial charge in [-0.05, 0) is 25.2 Å². The number of hydrogen-bond acceptors (Lipinski definition) is 4. The van der Waals surface area contributed by atoms with Crippen LogP contribution in [0.4, 0.5) is 0 Å². The Morgan fingerprint density at radius 1 is 1.45 bits per heavy atom. The van der Waals surface area contributed by atoms with E-state index in [9.17, 15) is 9.59 Å². The largest absolute Gasteiger partial charge is 0.476 e. The summed E-state index contributed by atoms with van der Waals surface area (Å²) in [6.07, 6.45) is 6.98. The van der Waals surface area contributed by atoms with Crippen molar-refractivity contribution < 1.29 is 14.7 Å². The molecule has 1 aliphatic rings. The predicted octanol–water partition coefficient (Wildman–Crippen LogP) is 2.93. The van der Waals surface area contributed by atoms with Crippen LogP contribution in [0.2, 0.25) is 0 Å². The van der Waals surface area contributed by atoms with Gasteiger partial charge < -0.3 is 10.4 Å². The molecule has 110 valence electrons. The molecule has 5 nitrogen and oxygen atoms in total. The average Bonchev–Trinajstić information content (AvgIpc) is 2.95. The standard InChI is InChI=1S/C14H20N2O3S/c1-2-10(9-6-4-3-5-7-9)15-12(17)13-16-11(8-20-13)14(18)19/h8-10H,2-7H2,1H3,(H,15,17)(H,18,19). The Labute approximate surface area is 122 Å². The molecule has 1 fully saturated rings. The number of nitrogens with one attached hydrogen (secondary N) is 1. The molecule has 1 unspecified atom stereocenters. The van der Waals surface area contributed by atoms with Gasteiger partial charge in [-0.25, -0.2) is 9.78 Å². The Hall–Kier alpha value is -1.43. The molecule has 0 radical (unpaired) electrons. The second-order valence-electron chi connectivity index (χ2n) is 5.23. The summed E-state index contributed by atoms with van der Waals surface area (Å²) in [5.74, 6) is -0.809. The summed E-state index contributed by atoms with van der Waals surface area (Å²) < 4.78 is 0. The van der Waals surface area contributed by atoms with Crippen molar-refractivity contribution in [1.29, 1.82) is 0 Å². The summed E-state index contributed by atoms with van der Waals surface area (Å²) in [7, 11) is 0. The van der Waals surface area contributed by atoms with Gasteiger partial charge in [-0.2, -0.15) is 0 Å². The molecule has 0 spiro atoms. The number of carboxylic acid groups (broad SMARTS) is 1. The molecule has 0 saturated heterocycles. The first-order valence-corrected chi connectivity index (χ1v) is 7.99. The quantitative estimate of drug-likeness (QED) is 0.875. The summed E-state index contributed by atoms with van der Waals surface area (Å²) in [4.78, 5) is 26.8. The number of carboxylic acids is 1. The number of aromatic nitrogens is 1. The third-order valence-corrected chi connectivity index (χ3v) is 4.73. The zero-order chi connectivity index (χ0) is 14.5. The van der Waals surface area contributed by atoms with Crippen molar-refractivity contribution in [3.8, 4) is 0 Å². The molecule has 1 saturated carbocycles. The van der Waals surface area contributed by atoms with Gasteiger partial charge in [0.1, 0.15) is 0 Å². The van der Waals surface area contributed by atoms with Gasteiger partial charge in [0.25, 0.3) is 5.91 Å². The van der Waals surface area contributed by atoms with Gasteiger partial charge in [0.05, 0.1) is 0 Å². The van der Waals surface area contributed by atoms with Crippen LogP contribution in [-0.2, 0) is 0 Å². The van der Waals surface area contributed by atoms with Crippen molar-refractivity contribution in [2.24, 2.45) is 5.92 Å². The molecule has 1 amide bonds. The van der Waals surface area contributed by atoms with Crippen LogP contribution in [0, 0.1) is 5.92 Å². The summed E-state index contributed by atoms with van der Waals surface area (Å²) in [6, 6.07) is 0.167. The van der Waals surface area contributed by atoms with E-state index in [2.05, 4.69) is 17.2 Å². The minimum Gasteiger partial charge on any atom is -0.476 e. The van der Waals surface area contributed by atoms with Crippen LogP contribution in [0.25, 0.3) is 0 Å². The molecular weight excluding hydrogens is 276 g/mol. The van der Waals surface area contributed by atoms with E-state index in [1.807, 2.05) is 0 Å². The lowest BCUT2D eigenvalue weighted by atomic mass is 9.83. The van der Waals surface area contributed by atoms with E-state index in [-0.39, 0.29) is 22.7 Å². The van der Waals surface area contributed by atoms with Gasteiger partial charge in [-0.1, -0.05) is 26.2 Å². The van der Waals surface area contributed by atoms with Crippen molar-refractivity contribution in [2.45, 2.75) is 51.5 Å². The Bertz CT molecular complexity index is 481. The molecule has 1 atom stereocenters. The van der Waals surface area contributed by atoms with Crippen LogP contribution in [0.15, 0.2) is 5.38 Å². The first kappa shape index (κ1) is 15.0. The topological polar surface area (TPSA) is 79.3 Å². The number of carbonyl (C=O) groups excluding carboxylic acids is 1. The minimum absolute atomic E-state index is 0.0640. The van der Waals surface area contributed by atoms with E-state index in [1.54, 1.807) is 0 Å².